The van der Waals surface area contributed by atoms with Crippen LogP contribution >= 0.6 is 0 Å². The Labute approximate surface area is 241 Å². The number of nitrogens with one attached hydrogen (secondary N) is 1. The molecule has 1 saturated heterocycles. The molecule has 5 rings (SSSR count). The molecular weight excluding hydrogens is 549 g/mol. The molecule has 0 spiro atoms. The third-order valence-corrected chi connectivity index (χ3v) is 6.69. The summed E-state index contributed by atoms with van der Waals surface area (Å²) in [5.74, 6) is -2.65. The van der Waals surface area contributed by atoms with Crippen LogP contribution in [0.5, 0.6) is 5.75 Å². The van der Waals surface area contributed by atoms with Crippen molar-refractivity contribution in [2.24, 2.45) is 0 Å². The highest BCUT2D eigenvalue weighted by Crippen LogP contribution is 2.18. The Morgan fingerprint density at radius 3 is 2.12 bits per heavy atom. The van der Waals surface area contributed by atoms with Crippen LogP contribution in [-0.4, -0.2) is 69.2 Å². The van der Waals surface area contributed by atoms with Crippen molar-refractivity contribution in [2.45, 2.75) is 25.7 Å². The van der Waals surface area contributed by atoms with Gasteiger partial charge in [-0.05, 0) is 67.0 Å². The summed E-state index contributed by atoms with van der Waals surface area (Å²) in [5, 5.41) is 20.6. The van der Waals surface area contributed by atoms with Crippen molar-refractivity contribution in [1.82, 2.24) is 14.8 Å². The van der Waals surface area contributed by atoms with Crippen molar-refractivity contribution in [1.29, 1.82) is 0 Å². The number of rotatable bonds is 6. The molecule has 0 bridgehead atoms. The maximum absolute atomic E-state index is 12.8. The highest BCUT2D eigenvalue weighted by molar-refractivity contribution is 6.04. The third kappa shape index (κ3) is 9.02. The third-order valence-electron chi connectivity index (χ3n) is 6.69. The first kappa shape index (κ1) is 30.5. The molecule has 0 saturated carbocycles. The summed E-state index contributed by atoms with van der Waals surface area (Å²) >= 11 is 0. The first-order valence-electron chi connectivity index (χ1n) is 13.4. The van der Waals surface area contributed by atoms with E-state index in [1.165, 1.54) is 11.1 Å². The van der Waals surface area contributed by atoms with Crippen molar-refractivity contribution in [3.8, 4) is 5.75 Å². The number of anilines is 1. The summed E-state index contributed by atoms with van der Waals surface area (Å²) in [5.41, 5.74) is 4.41. The Morgan fingerprint density at radius 1 is 0.810 bits per heavy atom. The monoisotopic (exact) mass is 580 g/mol. The molecule has 0 aliphatic carbocycles. The molecule has 1 aromatic heterocycles. The number of phenols is 1. The Kier molecular flexibility index (Phi) is 10.1. The van der Waals surface area contributed by atoms with E-state index in [2.05, 4.69) is 32.2 Å². The van der Waals surface area contributed by atoms with E-state index >= 15 is 0 Å². The van der Waals surface area contributed by atoms with Crippen molar-refractivity contribution < 1.29 is 33.0 Å². The first-order chi connectivity index (χ1) is 20.1. The molecule has 1 aliphatic heterocycles. The van der Waals surface area contributed by atoms with Crippen molar-refractivity contribution >= 4 is 28.5 Å². The lowest BCUT2D eigenvalue weighted by Gasteiger charge is -2.22. The summed E-state index contributed by atoms with van der Waals surface area (Å²) in [4.78, 5) is 31.2. The molecule has 1 amide bonds. The Morgan fingerprint density at radius 2 is 1.45 bits per heavy atom. The molecule has 3 aromatic carbocycles. The van der Waals surface area contributed by atoms with Crippen LogP contribution in [0.15, 0.2) is 84.9 Å². The molecule has 4 aromatic rings. The lowest BCUT2D eigenvalue weighted by molar-refractivity contribution is -0.192. The molecule has 11 heteroatoms. The number of pyridine rings is 1. The second-order valence-corrected chi connectivity index (χ2v) is 9.92. The van der Waals surface area contributed by atoms with Crippen molar-refractivity contribution in [3.63, 3.8) is 0 Å². The lowest BCUT2D eigenvalue weighted by Crippen LogP contribution is -2.30. The van der Waals surface area contributed by atoms with E-state index in [0.717, 1.165) is 62.3 Å². The second kappa shape index (κ2) is 13.9. The summed E-state index contributed by atoms with van der Waals surface area (Å²) in [6.07, 6.45) is -3.97. The van der Waals surface area contributed by atoms with Gasteiger partial charge in [0.1, 0.15) is 11.4 Å². The second-order valence-electron chi connectivity index (χ2n) is 9.92. The molecule has 1 aliphatic rings. The fourth-order valence-corrected chi connectivity index (χ4v) is 4.59. The minimum Gasteiger partial charge on any atom is -0.508 e. The molecule has 2 heterocycles. The van der Waals surface area contributed by atoms with Gasteiger partial charge in [-0.2, -0.15) is 13.2 Å². The fraction of sp³-hybridized carbons (Fsp3) is 0.258. The van der Waals surface area contributed by atoms with Crippen molar-refractivity contribution in [3.05, 3.63) is 102 Å². The molecule has 8 nitrogen and oxygen atoms in total. The van der Waals surface area contributed by atoms with Crippen LogP contribution in [0.25, 0.3) is 10.9 Å². The predicted molar refractivity (Wildman–Crippen MR) is 153 cm³/mol. The number of carbonyl (C=O) groups excluding carboxylic acids is 1. The average Bonchev–Trinajstić information content (AvgIpc) is 3.18. The summed E-state index contributed by atoms with van der Waals surface area (Å²) in [6, 6.07) is 27.1. The van der Waals surface area contributed by atoms with E-state index in [1.54, 1.807) is 18.2 Å². The number of halogens is 3. The van der Waals surface area contributed by atoms with Gasteiger partial charge in [0.15, 0.2) is 0 Å². The number of phenolic OH excluding ortho intramolecular Hbond substituents is 1. The summed E-state index contributed by atoms with van der Waals surface area (Å²) in [7, 11) is 0. The summed E-state index contributed by atoms with van der Waals surface area (Å²) in [6.45, 7) is 5.86. The highest BCUT2D eigenvalue weighted by Gasteiger charge is 2.38. The zero-order valence-electron chi connectivity index (χ0n) is 22.7. The van der Waals surface area contributed by atoms with Gasteiger partial charge in [-0.15, -0.1) is 0 Å². The number of hydrogen-bond donors (Lipinski definition) is 3. The van der Waals surface area contributed by atoms with E-state index < -0.39 is 12.1 Å². The molecule has 42 heavy (non-hydrogen) atoms. The number of fused-ring (bicyclic) bond motifs is 1. The van der Waals surface area contributed by atoms with Crippen LogP contribution in [0, 0.1) is 0 Å². The van der Waals surface area contributed by atoms with Gasteiger partial charge in [-0.25, -0.2) is 9.78 Å². The number of aromatic nitrogens is 1. The number of nitrogens with zero attached hydrogens (tertiary/aromatic N) is 3. The minimum atomic E-state index is -5.08. The molecule has 0 unspecified atom stereocenters. The van der Waals surface area contributed by atoms with Crippen LogP contribution in [0.3, 0.4) is 0 Å². The van der Waals surface area contributed by atoms with Crippen LogP contribution in [-0.2, 0) is 17.9 Å². The zero-order chi connectivity index (χ0) is 30.1. The minimum absolute atomic E-state index is 0.201. The molecule has 1 fully saturated rings. The van der Waals surface area contributed by atoms with E-state index in [1.807, 2.05) is 54.6 Å². The Bertz CT molecular complexity index is 1510. The maximum atomic E-state index is 12.8. The van der Waals surface area contributed by atoms with Crippen LogP contribution in [0.1, 0.15) is 28.0 Å². The van der Waals surface area contributed by atoms with Gasteiger partial charge in [-0.3, -0.25) is 14.6 Å². The quantitative estimate of drug-likeness (QED) is 0.275. The smallest absolute Gasteiger partial charge is 0.490 e. The SMILES string of the molecule is O=C(Nc1cccc(CN2CCCN(Cc3ccc(O)cc3)CC2)c1)c1ccc2ccccc2n1.O=C(O)C(F)(F)F. The predicted octanol–water partition coefficient (Wildman–Crippen LogP) is 5.53. The molecule has 0 atom stereocenters. The van der Waals surface area contributed by atoms with E-state index in [0.29, 0.717) is 11.4 Å². The van der Waals surface area contributed by atoms with E-state index in [9.17, 15) is 23.1 Å². The van der Waals surface area contributed by atoms with E-state index in [-0.39, 0.29) is 5.91 Å². The van der Waals surface area contributed by atoms with Gasteiger partial charge in [0.25, 0.3) is 5.91 Å². The molecule has 0 radical (unpaired) electrons. The van der Waals surface area contributed by atoms with Gasteiger partial charge < -0.3 is 15.5 Å². The average molecular weight is 581 g/mol. The highest BCUT2D eigenvalue weighted by atomic mass is 19.4. The number of amides is 1. The van der Waals surface area contributed by atoms with Gasteiger partial charge in [0, 0.05) is 37.3 Å². The number of carboxylic acid groups (broad SMARTS) is 1. The standard InChI is InChI=1S/C29H30N4O2.C2HF3O2/c34-26-12-9-22(10-13-26)20-32-15-4-16-33(18-17-32)21-23-5-3-7-25(19-23)30-29(35)28-14-11-24-6-1-2-8-27(24)31-28;3-2(4,5)1(6)7/h1-3,5-14,19,34H,4,15-18,20-21H2,(H,30,35);(H,6,7). The van der Waals surface area contributed by atoms with E-state index in [4.69, 9.17) is 9.90 Å². The number of aliphatic carboxylic acids is 1. The topological polar surface area (TPSA) is 106 Å². The number of carbonyl (C=O) groups is 2. The summed E-state index contributed by atoms with van der Waals surface area (Å²) < 4.78 is 31.7. The largest absolute Gasteiger partial charge is 0.508 e. The van der Waals surface area contributed by atoms with Crippen molar-refractivity contribution in [2.75, 3.05) is 31.5 Å². The van der Waals surface area contributed by atoms with Gasteiger partial charge in [0.2, 0.25) is 0 Å². The number of para-hydroxylation sites is 1. The van der Waals surface area contributed by atoms with Gasteiger partial charge in [-0.1, -0.05) is 48.5 Å². The molecule has 220 valence electrons. The number of benzene rings is 3. The van der Waals surface area contributed by atoms with Gasteiger partial charge in [0.05, 0.1) is 5.52 Å². The number of alkyl halides is 3. The molecule has 3 N–H and O–H groups in total. The van der Waals surface area contributed by atoms with Crippen LogP contribution in [0.2, 0.25) is 0 Å². The van der Waals surface area contributed by atoms with Crippen LogP contribution < -0.4 is 5.32 Å². The number of carboxylic acids is 1. The normalized spacial score (nSPS) is 14.5. The Hall–Kier alpha value is -4.48. The number of aromatic hydroxyl groups is 1. The zero-order valence-corrected chi connectivity index (χ0v) is 22.7. The molecular formula is C31H31F3N4O4. The Balaban J connectivity index is 0.000000517. The van der Waals surface area contributed by atoms with Gasteiger partial charge >= 0.3 is 12.1 Å². The number of hydrogen-bond acceptors (Lipinski definition) is 6. The lowest BCUT2D eigenvalue weighted by atomic mass is 10.1. The van der Waals surface area contributed by atoms with Crippen LogP contribution in [0.4, 0.5) is 18.9 Å². The fourth-order valence-electron chi connectivity index (χ4n) is 4.59. The maximum Gasteiger partial charge on any atom is 0.490 e. The first-order valence-corrected chi connectivity index (χ1v) is 13.4.